The first kappa shape index (κ1) is 10.5. The first-order chi connectivity index (χ1) is 8.34. The van der Waals surface area contributed by atoms with Gasteiger partial charge in [-0.15, -0.1) is 0 Å². The van der Waals surface area contributed by atoms with E-state index >= 15 is 0 Å². The first-order valence-corrected chi connectivity index (χ1v) is 6.01. The molecule has 3 heteroatoms. The Morgan fingerprint density at radius 2 is 1.94 bits per heavy atom. The van der Waals surface area contributed by atoms with Crippen LogP contribution in [0.25, 0.3) is 0 Å². The third-order valence-electron chi connectivity index (χ3n) is 3.84. The summed E-state index contributed by atoms with van der Waals surface area (Å²) >= 11 is 0. The number of nitrogens with one attached hydrogen (secondary N) is 1. The number of imidazole rings is 1. The summed E-state index contributed by atoms with van der Waals surface area (Å²) in [6.45, 7) is 0.215. The Morgan fingerprint density at radius 3 is 2.47 bits per heavy atom. The number of aliphatic hydroxyl groups excluding tert-OH is 1. The van der Waals surface area contributed by atoms with Crippen LogP contribution in [0.2, 0.25) is 0 Å². The summed E-state index contributed by atoms with van der Waals surface area (Å²) in [6, 6.07) is 8.54. The molecule has 1 aliphatic rings. The van der Waals surface area contributed by atoms with Crippen LogP contribution in [0.5, 0.6) is 0 Å². The highest BCUT2D eigenvalue weighted by atomic mass is 16.3. The van der Waals surface area contributed by atoms with Crippen LogP contribution >= 0.6 is 0 Å². The van der Waals surface area contributed by atoms with Crippen LogP contribution in [0.3, 0.4) is 0 Å². The van der Waals surface area contributed by atoms with Crippen LogP contribution in [-0.4, -0.2) is 21.7 Å². The normalized spacial score (nSPS) is 17.0. The lowest BCUT2D eigenvalue weighted by Crippen LogP contribution is -2.28. The molecule has 0 atom stereocenters. The average molecular weight is 228 g/mol. The minimum atomic E-state index is 0.00887. The Morgan fingerprint density at radius 1 is 1.24 bits per heavy atom. The molecule has 0 saturated carbocycles. The fourth-order valence-corrected chi connectivity index (χ4v) is 2.96. The van der Waals surface area contributed by atoms with Crippen molar-refractivity contribution >= 4 is 0 Å². The van der Waals surface area contributed by atoms with Crippen molar-refractivity contribution in [3.63, 3.8) is 0 Å². The second kappa shape index (κ2) is 4.00. The third kappa shape index (κ3) is 1.67. The molecule has 0 fully saturated rings. The van der Waals surface area contributed by atoms with E-state index in [4.69, 9.17) is 0 Å². The van der Waals surface area contributed by atoms with E-state index in [-0.39, 0.29) is 12.0 Å². The van der Waals surface area contributed by atoms with E-state index in [1.54, 1.807) is 6.33 Å². The highest BCUT2D eigenvalue weighted by Crippen LogP contribution is 2.41. The lowest BCUT2D eigenvalue weighted by Gasteiger charge is -2.26. The molecule has 0 spiro atoms. The quantitative estimate of drug-likeness (QED) is 0.842. The van der Waals surface area contributed by atoms with Gasteiger partial charge in [0.25, 0.3) is 0 Å². The van der Waals surface area contributed by atoms with Crippen molar-refractivity contribution < 1.29 is 5.11 Å². The van der Waals surface area contributed by atoms with E-state index in [0.29, 0.717) is 0 Å². The molecule has 0 saturated heterocycles. The fourth-order valence-electron chi connectivity index (χ4n) is 2.96. The Kier molecular flexibility index (Phi) is 2.48. The molecule has 0 radical (unpaired) electrons. The van der Waals surface area contributed by atoms with Gasteiger partial charge in [-0.2, -0.15) is 0 Å². The highest BCUT2D eigenvalue weighted by Gasteiger charge is 2.39. The van der Waals surface area contributed by atoms with E-state index < -0.39 is 0 Å². The molecule has 0 amide bonds. The number of rotatable bonds is 3. The van der Waals surface area contributed by atoms with Gasteiger partial charge in [0.15, 0.2) is 0 Å². The van der Waals surface area contributed by atoms with Crippen LogP contribution in [-0.2, 0) is 18.3 Å². The molecule has 0 bridgehead atoms. The van der Waals surface area contributed by atoms with E-state index in [2.05, 4.69) is 34.2 Å². The number of aromatic nitrogens is 2. The van der Waals surface area contributed by atoms with Gasteiger partial charge in [-0.25, -0.2) is 4.98 Å². The summed E-state index contributed by atoms with van der Waals surface area (Å²) in [5.41, 5.74) is 3.95. The number of aliphatic hydroxyl groups is 1. The van der Waals surface area contributed by atoms with Gasteiger partial charge in [-0.3, -0.25) is 0 Å². The smallest absolute Gasteiger partial charge is 0.0921 e. The molecule has 2 N–H and O–H groups in total. The number of H-pyrrole nitrogens is 1. The molecule has 3 nitrogen and oxygen atoms in total. The number of fused-ring (bicyclic) bond motifs is 1. The predicted molar refractivity (Wildman–Crippen MR) is 65.8 cm³/mol. The Labute approximate surface area is 101 Å². The molecule has 2 aromatic rings. The lowest BCUT2D eigenvalue weighted by molar-refractivity contribution is 0.237. The number of benzene rings is 1. The largest absolute Gasteiger partial charge is 0.396 e. The van der Waals surface area contributed by atoms with Crippen molar-refractivity contribution in [3.8, 4) is 0 Å². The van der Waals surface area contributed by atoms with Gasteiger partial charge in [-0.05, 0) is 30.4 Å². The van der Waals surface area contributed by atoms with Crippen LogP contribution in [0.4, 0.5) is 0 Å². The Balaban J connectivity index is 2.01. The Hall–Kier alpha value is -1.61. The van der Waals surface area contributed by atoms with E-state index in [0.717, 1.165) is 25.0 Å². The van der Waals surface area contributed by atoms with Crippen molar-refractivity contribution in [2.24, 2.45) is 0 Å². The SMILES string of the molecule is OCCC1(c2cnc[nH]2)Cc2ccccc2C1. The molecular weight excluding hydrogens is 212 g/mol. The molecule has 0 unspecified atom stereocenters. The van der Waals surface area contributed by atoms with Gasteiger partial charge < -0.3 is 10.1 Å². The molecule has 1 heterocycles. The predicted octanol–water partition coefficient (Wildman–Crippen LogP) is 1.83. The van der Waals surface area contributed by atoms with E-state index in [9.17, 15) is 5.11 Å². The zero-order chi connectivity index (χ0) is 11.7. The molecule has 1 aromatic heterocycles. The molecule has 1 aromatic carbocycles. The molecule has 17 heavy (non-hydrogen) atoms. The maximum Gasteiger partial charge on any atom is 0.0921 e. The van der Waals surface area contributed by atoms with Crippen molar-refractivity contribution in [3.05, 3.63) is 53.6 Å². The first-order valence-electron chi connectivity index (χ1n) is 6.01. The lowest BCUT2D eigenvalue weighted by atomic mass is 9.79. The monoisotopic (exact) mass is 228 g/mol. The van der Waals surface area contributed by atoms with Crippen molar-refractivity contribution in [2.75, 3.05) is 6.61 Å². The molecular formula is C14H16N2O. The third-order valence-corrected chi connectivity index (χ3v) is 3.84. The number of hydrogen-bond acceptors (Lipinski definition) is 2. The second-order valence-electron chi connectivity index (χ2n) is 4.84. The second-order valence-corrected chi connectivity index (χ2v) is 4.84. The Bertz CT molecular complexity index is 480. The van der Waals surface area contributed by atoms with Gasteiger partial charge in [0.05, 0.1) is 6.33 Å². The zero-order valence-electron chi connectivity index (χ0n) is 9.69. The van der Waals surface area contributed by atoms with E-state index in [1.165, 1.54) is 11.1 Å². The zero-order valence-corrected chi connectivity index (χ0v) is 9.69. The summed E-state index contributed by atoms with van der Waals surface area (Å²) < 4.78 is 0. The molecule has 3 rings (SSSR count). The summed E-state index contributed by atoms with van der Waals surface area (Å²) in [6.07, 6.45) is 6.38. The van der Waals surface area contributed by atoms with Crippen LogP contribution < -0.4 is 0 Å². The van der Waals surface area contributed by atoms with Gasteiger partial charge in [0, 0.05) is 23.9 Å². The number of nitrogens with zero attached hydrogens (tertiary/aromatic N) is 1. The molecule has 88 valence electrons. The topological polar surface area (TPSA) is 48.9 Å². The van der Waals surface area contributed by atoms with Crippen LogP contribution in [0, 0.1) is 0 Å². The van der Waals surface area contributed by atoms with Gasteiger partial charge in [0.2, 0.25) is 0 Å². The highest BCUT2D eigenvalue weighted by molar-refractivity contribution is 5.39. The molecule has 0 aliphatic heterocycles. The maximum absolute atomic E-state index is 9.34. The van der Waals surface area contributed by atoms with Crippen LogP contribution in [0.15, 0.2) is 36.8 Å². The standard InChI is InChI=1S/C14H16N2O/c17-6-5-14(13-9-15-10-16-13)7-11-3-1-2-4-12(11)8-14/h1-4,9-10,17H,5-8H2,(H,15,16). The summed E-state index contributed by atoms with van der Waals surface area (Å²) in [5, 5.41) is 9.34. The van der Waals surface area contributed by atoms with Crippen molar-refractivity contribution in [1.29, 1.82) is 0 Å². The van der Waals surface area contributed by atoms with E-state index in [1.807, 2.05) is 6.20 Å². The summed E-state index contributed by atoms with van der Waals surface area (Å²) in [4.78, 5) is 7.34. The minimum Gasteiger partial charge on any atom is -0.396 e. The van der Waals surface area contributed by atoms with Crippen molar-refractivity contribution in [2.45, 2.75) is 24.7 Å². The summed E-state index contributed by atoms with van der Waals surface area (Å²) in [7, 11) is 0. The fraction of sp³-hybridized carbons (Fsp3) is 0.357. The van der Waals surface area contributed by atoms with Gasteiger partial charge in [-0.1, -0.05) is 24.3 Å². The molecule has 1 aliphatic carbocycles. The van der Waals surface area contributed by atoms with Crippen molar-refractivity contribution in [1.82, 2.24) is 9.97 Å². The summed E-state index contributed by atoms with van der Waals surface area (Å²) in [5.74, 6) is 0. The van der Waals surface area contributed by atoms with Gasteiger partial charge in [0.1, 0.15) is 0 Å². The average Bonchev–Trinajstić information content (AvgIpc) is 2.96. The van der Waals surface area contributed by atoms with Gasteiger partial charge >= 0.3 is 0 Å². The number of hydrogen-bond donors (Lipinski definition) is 2. The minimum absolute atomic E-state index is 0.00887. The maximum atomic E-state index is 9.34. The number of aromatic amines is 1. The van der Waals surface area contributed by atoms with Crippen LogP contribution in [0.1, 0.15) is 23.2 Å².